The summed E-state index contributed by atoms with van der Waals surface area (Å²) < 4.78 is 0. The third kappa shape index (κ3) is 2.56. The first-order chi connectivity index (χ1) is 10.7. The molecule has 0 unspecified atom stereocenters. The molecule has 3 rings (SSSR count). The molecule has 0 amide bonds. The lowest BCUT2D eigenvalue weighted by Gasteiger charge is -2.13. The SMILES string of the molecule is Nc1cccc2c(NCc3ccccc3)c(C(=O)O)cnc12. The third-order valence-corrected chi connectivity index (χ3v) is 3.47. The number of aromatic carboxylic acids is 1. The number of anilines is 2. The number of pyridine rings is 1. The monoisotopic (exact) mass is 293 g/mol. The van der Waals surface area contributed by atoms with E-state index in [1.54, 1.807) is 12.1 Å². The normalized spacial score (nSPS) is 10.5. The molecule has 4 N–H and O–H groups in total. The van der Waals surface area contributed by atoms with Crippen LogP contribution in [0.4, 0.5) is 11.4 Å². The predicted octanol–water partition coefficient (Wildman–Crippen LogP) is 3.13. The van der Waals surface area contributed by atoms with Gasteiger partial charge in [0.1, 0.15) is 5.56 Å². The Bertz CT molecular complexity index is 832. The minimum atomic E-state index is -1.02. The van der Waals surface area contributed by atoms with Crippen molar-refractivity contribution in [1.29, 1.82) is 0 Å². The van der Waals surface area contributed by atoms with Gasteiger partial charge in [0.15, 0.2) is 0 Å². The van der Waals surface area contributed by atoms with Crippen LogP contribution in [0, 0.1) is 0 Å². The number of nitrogens with two attached hydrogens (primary N) is 1. The Morgan fingerprint density at radius 1 is 1.14 bits per heavy atom. The average molecular weight is 293 g/mol. The zero-order valence-electron chi connectivity index (χ0n) is 11.8. The van der Waals surface area contributed by atoms with Gasteiger partial charge >= 0.3 is 5.97 Å². The molecule has 0 saturated heterocycles. The lowest BCUT2D eigenvalue weighted by atomic mass is 10.1. The van der Waals surface area contributed by atoms with Gasteiger partial charge < -0.3 is 16.2 Å². The molecular formula is C17H15N3O2. The summed E-state index contributed by atoms with van der Waals surface area (Å²) in [6.07, 6.45) is 1.34. The first-order valence-corrected chi connectivity index (χ1v) is 6.85. The smallest absolute Gasteiger partial charge is 0.339 e. The Kier molecular flexibility index (Phi) is 3.62. The zero-order chi connectivity index (χ0) is 15.5. The van der Waals surface area contributed by atoms with Crippen LogP contribution in [-0.4, -0.2) is 16.1 Å². The number of rotatable bonds is 4. The molecule has 0 saturated carbocycles. The van der Waals surface area contributed by atoms with Gasteiger partial charge in [-0.05, 0) is 11.6 Å². The first kappa shape index (κ1) is 13.9. The Balaban J connectivity index is 2.07. The third-order valence-electron chi connectivity index (χ3n) is 3.47. The quantitative estimate of drug-likeness (QED) is 0.643. The van der Waals surface area contributed by atoms with E-state index in [0.717, 1.165) is 5.56 Å². The fraction of sp³-hybridized carbons (Fsp3) is 0.0588. The van der Waals surface area contributed by atoms with E-state index in [1.165, 1.54) is 6.20 Å². The summed E-state index contributed by atoms with van der Waals surface area (Å²) in [4.78, 5) is 15.6. The second-order valence-electron chi connectivity index (χ2n) is 4.93. The Labute approximate surface area is 127 Å². The average Bonchev–Trinajstić information content (AvgIpc) is 2.53. The van der Waals surface area contributed by atoms with E-state index < -0.39 is 5.97 Å². The van der Waals surface area contributed by atoms with Crippen molar-refractivity contribution in [3.8, 4) is 0 Å². The van der Waals surface area contributed by atoms with Gasteiger partial charge in [0.05, 0.1) is 16.9 Å². The van der Waals surface area contributed by atoms with Crippen LogP contribution in [0.1, 0.15) is 15.9 Å². The van der Waals surface area contributed by atoms with Crippen molar-refractivity contribution in [2.24, 2.45) is 0 Å². The van der Waals surface area contributed by atoms with E-state index in [0.29, 0.717) is 28.8 Å². The maximum atomic E-state index is 11.5. The topological polar surface area (TPSA) is 88.2 Å². The summed E-state index contributed by atoms with van der Waals surface area (Å²) in [5.74, 6) is -1.02. The van der Waals surface area contributed by atoms with Crippen LogP contribution in [0.5, 0.6) is 0 Å². The van der Waals surface area contributed by atoms with E-state index in [1.807, 2.05) is 36.4 Å². The molecule has 0 spiro atoms. The summed E-state index contributed by atoms with van der Waals surface area (Å²) in [6.45, 7) is 0.523. The molecule has 3 aromatic rings. The van der Waals surface area contributed by atoms with E-state index in [2.05, 4.69) is 10.3 Å². The van der Waals surface area contributed by atoms with Crippen LogP contribution in [0.2, 0.25) is 0 Å². The Hall–Kier alpha value is -3.08. The van der Waals surface area contributed by atoms with Crippen LogP contribution >= 0.6 is 0 Å². The molecule has 2 aromatic carbocycles. The highest BCUT2D eigenvalue weighted by molar-refractivity contribution is 6.06. The van der Waals surface area contributed by atoms with Crippen molar-refractivity contribution in [2.45, 2.75) is 6.54 Å². The second kappa shape index (κ2) is 5.73. The molecule has 110 valence electrons. The van der Waals surface area contributed by atoms with Crippen molar-refractivity contribution in [3.63, 3.8) is 0 Å². The summed E-state index contributed by atoms with van der Waals surface area (Å²) in [5, 5.41) is 13.3. The summed E-state index contributed by atoms with van der Waals surface area (Å²) in [5.41, 5.74) is 8.78. The molecule has 22 heavy (non-hydrogen) atoms. The van der Waals surface area contributed by atoms with Gasteiger partial charge in [-0.15, -0.1) is 0 Å². The highest BCUT2D eigenvalue weighted by Crippen LogP contribution is 2.29. The number of hydrogen-bond acceptors (Lipinski definition) is 4. The summed E-state index contributed by atoms with van der Waals surface area (Å²) in [6, 6.07) is 15.1. The highest BCUT2D eigenvalue weighted by Gasteiger charge is 2.15. The lowest BCUT2D eigenvalue weighted by Crippen LogP contribution is -2.08. The molecule has 0 radical (unpaired) electrons. The predicted molar refractivity (Wildman–Crippen MR) is 86.9 cm³/mol. The molecule has 1 heterocycles. The van der Waals surface area contributed by atoms with Crippen LogP contribution < -0.4 is 11.1 Å². The van der Waals surface area contributed by atoms with Crippen LogP contribution in [-0.2, 0) is 6.54 Å². The van der Waals surface area contributed by atoms with Crippen molar-refractivity contribution in [2.75, 3.05) is 11.1 Å². The highest BCUT2D eigenvalue weighted by atomic mass is 16.4. The van der Waals surface area contributed by atoms with E-state index in [-0.39, 0.29) is 5.56 Å². The minimum absolute atomic E-state index is 0.133. The second-order valence-corrected chi connectivity index (χ2v) is 4.93. The van der Waals surface area contributed by atoms with Gasteiger partial charge in [-0.3, -0.25) is 4.98 Å². The molecular weight excluding hydrogens is 278 g/mol. The maximum absolute atomic E-state index is 11.5. The molecule has 1 aromatic heterocycles. The van der Waals surface area contributed by atoms with Gasteiger partial charge in [0.2, 0.25) is 0 Å². The largest absolute Gasteiger partial charge is 0.478 e. The first-order valence-electron chi connectivity index (χ1n) is 6.85. The van der Waals surface area contributed by atoms with Gasteiger partial charge in [-0.1, -0.05) is 42.5 Å². The van der Waals surface area contributed by atoms with Crippen molar-refractivity contribution >= 4 is 28.2 Å². The van der Waals surface area contributed by atoms with Crippen molar-refractivity contribution in [1.82, 2.24) is 4.98 Å². The number of carboxylic acid groups (broad SMARTS) is 1. The van der Waals surface area contributed by atoms with Crippen LogP contribution in [0.15, 0.2) is 54.7 Å². The number of hydrogen-bond donors (Lipinski definition) is 3. The number of nitrogens with zero attached hydrogens (tertiary/aromatic N) is 1. The molecule has 0 bridgehead atoms. The van der Waals surface area contributed by atoms with E-state index in [9.17, 15) is 9.90 Å². The lowest BCUT2D eigenvalue weighted by molar-refractivity contribution is 0.0697. The zero-order valence-corrected chi connectivity index (χ0v) is 11.8. The molecule has 5 nitrogen and oxygen atoms in total. The molecule has 0 aliphatic rings. The van der Waals surface area contributed by atoms with E-state index in [4.69, 9.17) is 5.73 Å². The number of aromatic nitrogens is 1. The number of para-hydroxylation sites is 1. The molecule has 0 aliphatic carbocycles. The van der Waals surface area contributed by atoms with Gasteiger partial charge in [-0.25, -0.2) is 4.79 Å². The van der Waals surface area contributed by atoms with Crippen LogP contribution in [0.25, 0.3) is 10.9 Å². The number of nitrogen functional groups attached to an aromatic ring is 1. The van der Waals surface area contributed by atoms with Gasteiger partial charge in [0.25, 0.3) is 0 Å². The van der Waals surface area contributed by atoms with Gasteiger partial charge in [-0.2, -0.15) is 0 Å². The van der Waals surface area contributed by atoms with Crippen molar-refractivity contribution in [3.05, 3.63) is 65.9 Å². The maximum Gasteiger partial charge on any atom is 0.339 e. The van der Waals surface area contributed by atoms with Gasteiger partial charge in [0, 0.05) is 18.1 Å². The standard InChI is InChI=1S/C17H15N3O2/c18-14-8-4-7-12-15(13(17(21)22)10-20-16(12)14)19-9-11-5-2-1-3-6-11/h1-8,10H,9,18H2,(H,19,20)(H,21,22). The molecule has 5 heteroatoms. The number of carboxylic acids is 1. The number of nitrogens with one attached hydrogen (secondary N) is 1. The number of benzene rings is 2. The number of carbonyl (C=O) groups is 1. The molecule has 0 fully saturated rings. The number of fused-ring (bicyclic) bond motifs is 1. The summed E-state index contributed by atoms with van der Waals surface area (Å²) >= 11 is 0. The van der Waals surface area contributed by atoms with Crippen LogP contribution in [0.3, 0.4) is 0 Å². The fourth-order valence-corrected chi connectivity index (χ4v) is 2.38. The van der Waals surface area contributed by atoms with E-state index >= 15 is 0 Å². The van der Waals surface area contributed by atoms with Crippen molar-refractivity contribution < 1.29 is 9.90 Å². The minimum Gasteiger partial charge on any atom is -0.478 e. The molecule has 0 aliphatic heterocycles. The fourth-order valence-electron chi connectivity index (χ4n) is 2.38. The Morgan fingerprint density at radius 3 is 2.64 bits per heavy atom. The summed E-state index contributed by atoms with van der Waals surface area (Å²) in [7, 11) is 0. The molecule has 0 atom stereocenters. The Morgan fingerprint density at radius 2 is 1.91 bits per heavy atom.